The highest BCUT2D eigenvalue weighted by Gasteiger charge is 2.47. The van der Waals surface area contributed by atoms with Gasteiger partial charge in [0.15, 0.2) is 5.75 Å². The van der Waals surface area contributed by atoms with Crippen LogP contribution < -0.4 is 4.74 Å². The molecule has 0 unspecified atom stereocenters. The lowest BCUT2D eigenvalue weighted by Crippen LogP contribution is -2.43. The summed E-state index contributed by atoms with van der Waals surface area (Å²) < 4.78 is 32.7. The Bertz CT molecular complexity index is 843. The molecule has 0 radical (unpaired) electrons. The topological polar surface area (TPSA) is 38.2 Å². The lowest BCUT2D eigenvalue weighted by atomic mass is 9.91. The molecule has 140 valence electrons. The van der Waals surface area contributed by atoms with E-state index in [0.717, 1.165) is 30.6 Å². The fraction of sp³-hybridized carbons (Fsp3) is 0.556. The van der Waals surface area contributed by atoms with Gasteiger partial charge in [0.1, 0.15) is 17.4 Å². The predicted molar refractivity (Wildman–Crippen MR) is 100 cm³/mol. The average Bonchev–Trinajstić information content (AvgIpc) is 2.95. The number of hydrogen-bond donors (Lipinski definition) is 0. The van der Waals surface area contributed by atoms with Crippen LogP contribution in [-0.4, -0.2) is 46.5 Å². The Hall–Kier alpha value is -1.05. The first kappa shape index (κ1) is 18.3. The van der Waals surface area contributed by atoms with Crippen LogP contribution in [0.2, 0.25) is 5.02 Å². The van der Waals surface area contributed by atoms with Gasteiger partial charge in [-0.25, -0.2) is 18.7 Å². The van der Waals surface area contributed by atoms with E-state index in [9.17, 15) is 8.78 Å². The number of ether oxygens (including phenoxy) is 1. The Balaban J connectivity index is 1.66. The van der Waals surface area contributed by atoms with Gasteiger partial charge in [-0.1, -0.05) is 11.6 Å². The molecule has 1 aliphatic carbocycles. The van der Waals surface area contributed by atoms with Crippen LogP contribution >= 0.6 is 27.5 Å². The van der Waals surface area contributed by atoms with E-state index in [1.165, 1.54) is 6.42 Å². The maximum atomic E-state index is 13.2. The highest BCUT2D eigenvalue weighted by atomic mass is 79.9. The third kappa shape index (κ3) is 3.53. The molecular formula is C18H19BrClF2N3O. The molecule has 4 nitrogen and oxygen atoms in total. The van der Waals surface area contributed by atoms with Gasteiger partial charge in [0.25, 0.3) is 5.92 Å². The molecule has 1 atom stereocenters. The van der Waals surface area contributed by atoms with E-state index in [0.29, 0.717) is 26.8 Å². The van der Waals surface area contributed by atoms with Crippen molar-refractivity contribution in [2.45, 2.75) is 50.2 Å². The van der Waals surface area contributed by atoms with Gasteiger partial charge in [0, 0.05) is 36.9 Å². The summed E-state index contributed by atoms with van der Waals surface area (Å²) in [6, 6.07) is 2.19. The van der Waals surface area contributed by atoms with Gasteiger partial charge >= 0.3 is 0 Å². The maximum Gasteiger partial charge on any atom is 0.255 e. The van der Waals surface area contributed by atoms with Crippen molar-refractivity contribution < 1.29 is 13.5 Å². The van der Waals surface area contributed by atoms with Crippen molar-refractivity contribution in [3.8, 4) is 5.75 Å². The SMILES string of the molecule is CN1CCC[C@H]1Cc1ncc2cc(Cl)c(Br)c(OC3CC(F)(F)C3)c2n1. The quantitative estimate of drug-likeness (QED) is 0.672. The largest absolute Gasteiger partial charge is 0.486 e. The molecule has 1 aliphatic heterocycles. The van der Waals surface area contributed by atoms with Crippen LogP contribution in [0, 0.1) is 0 Å². The molecule has 1 aromatic carbocycles. The van der Waals surface area contributed by atoms with Crippen LogP contribution in [0.3, 0.4) is 0 Å². The Labute approximate surface area is 164 Å². The first-order chi connectivity index (χ1) is 12.3. The first-order valence-corrected chi connectivity index (χ1v) is 9.88. The van der Waals surface area contributed by atoms with Crippen LogP contribution in [0.1, 0.15) is 31.5 Å². The molecule has 0 N–H and O–H groups in total. The van der Waals surface area contributed by atoms with Gasteiger partial charge in [-0.15, -0.1) is 0 Å². The number of nitrogens with zero attached hydrogens (tertiary/aromatic N) is 3. The van der Waals surface area contributed by atoms with Gasteiger partial charge in [-0.3, -0.25) is 0 Å². The zero-order chi connectivity index (χ0) is 18.5. The van der Waals surface area contributed by atoms with Crippen LogP contribution in [0.5, 0.6) is 5.75 Å². The Kier molecular flexibility index (Phi) is 4.82. The molecule has 2 aromatic rings. The number of fused-ring (bicyclic) bond motifs is 1. The molecule has 1 aromatic heterocycles. The number of benzene rings is 1. The number of aromatic nitrogens is 2. The standard InChI is InChI=1S/C18H19BrClF2N3O/c1-25-4-2-3-11(25)6-14-23-9-10-5-13(20)15(19)17(16(10)24-14)26-12-7-18(21,22)8-12/h5,9,11-12H,2-4,6-8H2,1H3/t11-/m0/s1. The summed E-state index contributed by atoms with van der Waals surface area (Å²) in [6.45, 7) is 1.09. The van der Waals surface area contributed by atoms with Gasteiger partial charge in [-0.2, -0.15) is 0 Å². The summed E-state index contributed by atoms with van der Waals surface area (Å²) >= 11 is 9.67. The van der Waals surface area contributed by atoms with E-state index in [1.54, 1.807) is 12.3 Å². The minimum Gasteiger partial charge on any atom is -0.486 e. The van der Waals surface area contributed by atoms with Gasteiger partial charge in [-0.05, 0) is 48.4 Å². The van der Waals surface area contributed by atoms with E-state index < -0.39 is 12.0 Å². The molecule has 0 bridgehead atoms. The molecule has 1 saturated carbocycles. The molecule has 2 heterocycles. The number of rotatable bonds is 4. The van der Waals surface area contributed by atoms with Crippen LogP contribution in [0.15, 0.2) is 16.7 Å². The van der Waals surface area contributed by atoms with Crippen molar-refractivity contribution in [2.24, 2.45) is 0 Å². The lowest BCUT2D eigenvalue weighted by molar-refractivity contribution is -0.134. The molecule has 26 heavy (non-hydrogen) atoms. The van der Waals surface area contributed by atoms with Crippen molar-refractivity contribution in [1.29, 1.82) is 0 Å². The fourth-order valence-corrected chi connectivity index (χ4v) is 4.24. The minimum absolute atomic E-state index is 0.280. The van der Waals surface area contributed by atoms with Crippen molar-refractivity contribution >= 4 is 38.4 Å². The second-order valence-corrected chi connectivity index (χ2v) is 8.41. The minimum atomic E-state index is -2.64. The molecular weight excluding hydrogens is 428 g/mol. The Morgan fingerprint density at radius 2 is 2.19 bits per heavy atom. The number of alkyl halides is 2. The second kappa shape index (κ2) is 6.84. The second-order valence-electron chi connectivity index (χ2n) is 7.21. The van der Waals surface area contributed by atoms with E-state index >= 15 is 0 Å². The Morgan fingerprint density at radius 1 is 1.42 bits per heavy atom. The third-order valence-corrected chi connectivity index (χ3v) is 6.51. The number of hydrogen-bond acceptors (Lipinski definition) is 4. The summed E-state index contributed by atoms with van der Waals surface area (Å²) in [5.74, 6) is -1.48. The van der Waals surface area contributed by atoms with E-state index in [2.05, 4.69) is 37.8 Å². The zero-order valence-electron chi connectivity index (χ0n) is 14.3. The number of likely N-dealkylation sites (tertiary alicyclic amines) is 1. The first-order valence-electron chi connectivity index (χ1n) is 8.71. The monoisotopic (exact) mass is 445 g/mol. The van der Waals surface area contributed by atoms with Gasteiger partial charge in [0.2, 0.25) is 0 Å². The van der Waals surface area contributed by atoms with E-state index in [1.807, 2.05) is 0 Å². The van der Waals surface area contributed by atoms with Crippen molar-refractivity contribution in [3.63, 3.8) is 0 Å². The highest BCUT2D eigenvalue weighted by molar-refractivity contribution is 9.10. The van der Waals surface area contributed by atoms with Gasteiger partial charge in [0.05, 0.1) is 9.50 Å². The molecule has 0 spiro atoms. The van der Waals surface area contributed by atoms with E-state index in [4.69, 9.17) is 16.3 Å². The summed E-state index contributed by atoms with van der Waals surface area (Å²) in [4.78, 5) is 11.5. The number of halogens is 4. The third-order valence-electron chi connectivity index (χ3n) is 5.20. The summed E-state index contributed by atoms with van der Waals surface area (Å²) in [5.41, 5.74) is 0.613. The highest BCUT2D eigenvalue weighted by Crippen LogP contribution is 2.44. The predicted octanol–water partition coefficient (Wildman–Crippen LogP) is 4.86. The Morgan fingerprint density at radius 3 is 2.85 bits per heavy atom. The van der Waals surface area contributed by atoms with Gasteiger partial charge < -0.3 is 9.64 Å². The summed E-state index contributed by atoms with van der Waals surface area (Å²) in [5, 5.41) is 1.19. The molecule has 2 fully saturated rings. The molecule has 1 saturated heterocycles. The average molecular weight is 447 g/mol. The summed E-state index contributed by atoms with van der Waals surface area (Å²) in [7, 11) is 2.11. The molecule has 2 aliphatic rings. The molecule has 0 amide bonds. The number of likely N-dealkylation sites (N-methyl/N-ethyl adjacent to an activating group) is 1. The van der Waals surface area contributed by atoms with Crippen LogP contribution in [-0.2, 0) is 6.42 Å². The fourth-order valence-electron chi connectivity index (χ4n) is 3.64. The lowest BCUT2D eigenvalue weighted by Gasteiger charge is -2.35. The maximum absolute atomic E-state index is 13.2. The van der Waals surface area contributed by atoms with Crippen molar-refractivity contribution in [3.05, 3.63) is 27.6 Å². The van der Waals surface area contributed by atoms with Crippen molar-refractivity contribution in [2.75, 3.05) is 13.6 Å². The molecule has 8 heteroatoms. The summed E-state index contributed by atoms with van der Waals surface area (Å²) in [6.07, 6.45) is 3.71. The molecule has 4 rings (SSSR count). The van der Waals surface area contributed by atoms with Crippen molar-refractivity contribution in [1.82, 2.24) is 14.9 Å². The zero-order valence-corrected chi connectivity index (χ0v) is 16.7. The smallest absolute Gasteiger partial charge is 0.255 e. The van der Waals surface area contributed by atoms with E-state index in [-0.39, 0.29) is 12.8 Å². The van der Waals surface area contributed by atoms with Crippen LogP contribution in [0.4, 0.5) is 8.78 Å². The van der Waals surface area contributed by atoms with Crippen LogP contribution in [0.25, 0.3) is 10.9 Å². The normalized spacial score (nSPS) is 23.3.